The Balaban J connectivity index is 0.000000540. The highest BCUT2D eigenvalue weighted by atomic mass is 35.5. The fourth-order valence-electron chi connectivity index (χ4n) is 2.26. The van der Waals surface area contributed by atoms with Crippen molar-refractivity contribution in [3.63, 3.8) is 0 Å². The summed E-state index contributed by atoms with van der Waals surface area (Å²) in [7, 11) is 0. The maximum Gasteiger partial charge on any atom is 0.345 e. The van der Waals surface area contributed by atoms with Crippen LogP contribution in [-0.2, 0) is 21.8 Å². The number of carbonyl (C=O) groups is 2. The Morgan fingerprint density at radius 3 is 1.50 bits per heavy atom. The van der Waals surface area contributed by atoms with Gasteiger partial charge in [-0.15, -0.1) is 12.4 Å². The number of benzene rings is 2. The molecule has 0 aliphatic carbocycles. The monoisotopic (exact) mass is 433 g/mol. The van der Waals surface area contributed by atoms with Crippen LogP contribution in [0, 0.1) is 0 Å². The quantitative estimate of drug-likeness (QED) is 0.497. The zero-order chi connectivity index (χ0) is 21.7. The van der Waals surface area contributed by atoms with Gasteiger partial charge in [0.1, 0.15) is 0 Å². The van der Waals surface area contributed by atoms with Crippen LogP contribution < -0.4 is 0 Å². The lowest BCUT2D eigenvalue weighted by molar-refractivity contribution is -0.155. The summed E-state index contributed by atoms with van der Waals surface area (Å²) in [5.74, 6) is -2.12. The Kier molecular flexibility index (Phi) is 12.3. The van der Waals surface area contributed by atoms with Crippen LogP contribution >= 0.6 is 12.4 Å². The molecule has 0 saturated carbocycles. The fraction of sp³-hybridized carbons (Fsp3) is 0.136. The van der Waals surface area contributed by atoms with Crippen molar-refractivity contribution in [3.05, 3.63) is 102 Å². The van der Waals surface area contributed by atoms with E-state index in [1.54, 1.807) is 72.9 Å². The lowest BCUT2D eigenvalue weighted by Crippen LogP contribution is -2.36. The maximum atomic E-state index is 11.4. The molecule has 3 aromatic rings. The van der Waals surface area contributed by atoms with E-state index in [2.05, 4.69) is 4.98 Å². The number of halogens is 1. The molecule has 0 amide bonds. The molecule has 2 aromatic carbocycles. The van der Waals surface area contributed by atoms with Crippen molar-refractivity contribution in [2.75, 3.05) is 0 Å². The highest BCUT2D eigenvalue weighted by molar-refractivity contribution is 5.85. The summed E-state index contributed by atoms with van der Waals surface area (Å²) >= 11 is 0. The molecule has 7 nitrogen and oxygen atoms in total. The van der Waals surface area contributed by atoms with Crippen molar-refractivity contribution < 1.29 is 30.0 Å². The van der Waals surface area contributed by atoms with Gasteiger partial charge in [-0.1, -0.05) is 66.7 Å². The predicted octanol–water partition coefficient (Wildman–Crippen LogP) is 3.09. The van der Waals surface area contributed by atoms with Gasteiger partial charge < -0.3 is 20.4 Å². The van der Waals surface area contributed by atoms with Crippen molar-refractivity contribution in [3.8, 4) is 0 Å². The molecule has 30 heavy (non-hydrogen) atoms. The lowest BCUT2D eigenvalue weighted by atomic mass is 9.86. The van der Waals surface area contributed by atoms with Gasteiger partial charge in [-0.05, 0) is 23.3 Å². The second kappa shape index (κ2) is 13.8. The van der Waals surface area contributed by atoms with Crippen LogP contribution in [0.4, 0.5) is 0 Å². The smallest absolute Gasteiger partial charge is 0.345 e. The van der Waals surface area contributed by atoms with Gasteiger partial charge in [0.2, 0.25) is 5.60 Å². The highest BCUT2D eigenvalue weighted by Gasteiger charge is 2.39. The molecule has 1 aromatic heterocycles. The number of carboxylic acids is 2. The van der Waals surface area contributed by atoms with Crippen LogP contribution in [-0.4, -0.2) is 37.3 Å². The van der Waals surface area contributed by atoms with E-state index in [0.29, 0.717) is 16.8 Å². The molecule has 8 heteroatoms. The first-order chi connectivity index (χ1) is 13.8. The third-order valence-corrected chi connectivity index (χ3v) is 3.58. The number of aliphatic hydroxyl groups excluding tert-OH is 1. The Morgan fingerprint density at radius 2 is 1.23 bits per heavy atom. The number of hydrogen-bond acceptors (Lipinski definition) is 5. The first kappa shape index (κ1) is 26.7. The molecule has 0 bridgehead atoms. The Bertz CT molecular complexity index is 832. The maximum absolute atomic E-state index is 11.4. The van der Waals surface area contributed by atoms with Crippen LogP contribution in [0.15, 0.2) is 85.1 Å². The summed E-state index contributed by atoms with van der Waals surface area (Å²) in [4.78, 5) is 24.2. The van der Waals surface area contributed by atoms with Gasteiger partial charge in [0.25, 0.3) is 5.97 Å². The average molecular weight is 434 g/mol. The van der Waals surface area contributed by atoms with E-state index in [-0.39, 0.29) is 19.0 Å². The molecule has 0 fully saturated rings. The molecule has 4 N–H and O–H groups in total. The van der Waals surface area contributed by atoms with E-state index in [4.69, 9.17) is 15.0 Å². The Morgan fingerprint density at radius 1 is 0.833 bits per heavy atom. The number of hydrogen-bond donors (Lipinski definition) is 4. The zero-order valence-electron chi connectivity index (χ0n) is 16.3. The van der Waals surface area contributed by atoms with E-state index >= 15 is 0 Å². The molecule has 1 heterocycles. The van der Waals surface area contributed by atoms with Crippen LogP contribution in [0.5, 0.6) is 0 Å². The van der Waals surface area contributed by atoms with Gasteiger partial charge in [-0.25, -0.2) is 4.79 Å². The second-order valence-electron chi connectivity index (χ2n) is 5.75. The highest BCUT2D eigenvalue weighted by Crippen LogP contribution is 2.29. The number of nitrogens with zero attached hydrogens (tertiary/aromatic N) is 1. The molecular formula is C22H24ClNO6. The minimum atomic E-state index is -2.00. The van der Waals surface area contributed by atoms with Gasteiger partial charge in [0, 0.05) is 13.1 Å². The van der Waals surface area contributed by atoms with Crippen LogP contribution in [0.2, 0.25) is 0 Å². The summed E-state index contributed by atoms with van der Waals surface area (Å²) in [6, 6.07) is 22.2. The first-order valence-electron chi connectivity index (χ1n) is 8.59. The molecular weight excluding hydrogens is 410 g/mol. The summed E-state index contributed by atoms with van der Waals surface area (Å²) in [6.45, 7) is 1.11. The number of pyridine rings is 1. The van der Waals surface area contributed by atoms with Crippen molar-refractivity contribution in [1.82, 2.24) is 4.98 Å². The number of carboxylic acid groups (broad SMARTS) is 2. The zero-order valence-corrected chi connectivity index (χ0v) is 17.1. The van der Waals surface area contributed by atoms with Gasteiger partial charge in [0.05, 0.1) is 12.3 Å². The minimum Gasteiger partial charge on any atom is -0.481 e. The third-order valence-electron chi connectivity index (χ3n) is 3.58. The van der Waals surface area contributed by atoms with E-state index < -0.39 is 17.5 Å². The molecule has 3 rings (SSSR count). The Hall–Kier alpha value is -3.26. The number of aromatic nitrogens is 1. The van der Waals surface area contributed by atoms with E-state index in [0.717, 1.165) is 6.92 Å². The van der Waals surface area contributed by atoms with Crippen molar-refractivity contribution in [2.24, 2.45) is 0 Å². The molecule has 0 aliphatic heterocycles. The van der Waals surface area contributed by atoms with E-state index in [9.17, 15) is 15.0 Å². The largest absolute Gasteiger partial charge is 0.481 e. The number of aliphatic carboxylic acids is 2. The predicted molar refractivity (Wildman–Crippen MR) is 114 cm³/mol. The standard InChI is InChI=1S/C14H12O3.C6H7NO.C2H4O2.ClH/c15-13(16)14(17,11-7-3-1-4-8-11)12-9-5-2-6-10-12;8-5-6-3-1-2-4-7-6;1-2(3)4;/h1-10,17H,(H,15,16);1-4,8H,5H2;1H3,(H,3,4);1H. The summed E-state index contributed by atoms with van der Waals surface area (Å²) in [5, 5.41) is 35.6. The number of rotatable bonds is 4. The minimum absolute atomic E-state index is 0. The lowest BCUT2D eigenvalue weighted by Gasteiger charge is -2.24. The normalized spacial score (nSPS) is 9.57. The second-order valence-corrected chi connectivity index (χ2v) is 5.75. The van der Waals surface area contributed by atoms with Gasteiger partial charge in [-0.3, -0.25) is 9.78 Å². The average Bonchev–Trinajstić information content (AvgIpc) is 2.75. The molecule has 0 atom stereocenters. The van der Waals surface area contributed by atoms with E-state index in [1.807, 2.05) is 12.1 Å². The topological polar surface area (TPSA) is 128 Å². The molecule has 160 valence electrons. The molecule has 0 aliphatic rings. The summed E-state index contributed by atoms with van der Waals surface area (Å²) in [6.07, 6.45) is 1.66. The SMILES string of the molecule is CC(=O)O.Cl.O=C(O)C(O)(c1ccccc1)c1ccccc1.OCc1ccccn1. The summed E-state index contributed by atoms with van der Waals surface area (Å²) in [5.41, 5.74) is -0.590. The van der Waals surface area contributed by atoms with E-state index in [1.165, 1.54) is 0 Å². The third kappa shape index (κ3) is 8.40. The van der Waals surface area contributed by atoms with Gasteiger partial charge >= 0.3 is 5.97 Å². The molecule has 0 unspecified atom stereocenters. The molecule has 0 radical (unpaired) electrons. The number of aliphatic hydroxyl groups is 2. The fourth-order valence-corrected chi connectivity index (χ4v) is 2.26. The Labute approximate surface area is 180 Å². The van der Waals surface area contributed by atoms with Crippen molar-refractivity contribution in [2.45, 2.75) is 19.1 Å². The van der Waals surface area contributed by atoms with Crippen LogP contribution in [0.25, 0.3) is 0 Å². The molecule has 0 saturated heterocycles. The molecule has 0 spiro atoms. The van der Waals surface area contributed by atoms with Crippen LogP contribution in [0.3, 0.4) is 0 Å². The van der Waals surface area contributed by atoms with Gasteiger partial charge in [-0.2, -0.15) is 0 Å². The first-order valence-corrected chi connectivity index (χ1v) is 8.59. The van der Waals surface area contributed by atoms with Crippen LogP contribution in [0.1, 0.15) is 23.7 Å². The van der Waals surface area contributed by atoms with Crippen molar-refractivity contribution in [1.29, 1.82) is 0 Å². The summed E-state index contributed by atoms with van der Waals surface area (Å²) < 4.78 is 0. The van der Waals surface area contributed by atoms with Crippen molar-refractivity contribution >= 4 is 24.3 Å². The van der Waals surface area contributed by atoms with Gasteiger partial charge in [0.15, 0.2) is 0 Å².